The van der Waals surface area contributed by atoms with Crippen molar-refractivity contribution in [3.63, 3.8) is 0 Å². The topological polar surface area (TPSA) is 67.1 Å². The predicted octanol–water partition coefficient (Wildman–Crippen LogP) is 1.94. The van der Waals surface area contributed by atoms with E-state index in [4.69, 9.17) is 5.84 Å². The number of nitrogens with zero attached hydrogens (tertiary/aromatic N) is 3. The van der Waals surface area contributed by atoms with Crippen LogP contribution in [0.4, 0.5) is 15.9 Å². The first-order valence-corrected chi connectivity index (χ1v) is 5.81. The molecule has 2 rings (SSSR count). The number of anilines is 2. The lowest BCUT2D eigenvalue weighted by molar-refractivity contribution is 0.606. The maximum Gasteiger partial charge on any atom is 0.187 e. The summed E-state index contributed by atoms with van der Waals surface area (Å²) >= 11 is 0. The molecule has 0 aliphatic heterocycles. The molecular weight excluding hydrogens is 245 g/mol. The summed E-state index contributed by atoms with van der Waals surface area (Å²) in [6, 6.07) is 7.68. The molecule has 2 aromatic rings. The van der Waals surface area contributed by atoms with Crippen molar-refractivity contribution >= 4 is 11.5 Å². The molecule has 0 atom stereocenters. The number of hydrogen-bond acceptors (Lipinski definition) is 5. The summed E-state index contributed by atoms with van der Waals surface area (Å²) in [5.74, 6) is 5.15. The minimum atomic E-state index is -0.531. The van der Waals surface area contributed by atoms with Crippen LogP contribution in [0, 0.1) is 12.7 Å². The highest BCUT2D eigenvalue weighted by atomic mass is 19.1. The van der Waals surface area contributed by atoms with E-state index in [1.54, 1.807) is 6.92 Å². The second-order valence-corrected chi connectivity index (χ2v) is 4.38. The van der Waals surface area contributed by atoms with Gasteiger partial charge in [-0.2, -0.15) is 0 Å². The van der Waals surface area contributed by atoms with Gasteiger partial charge in [0.05, 0.1) is 5.69 Å². The van der Waals surface area contributed by atoms with E-state index in [-0.39, 0.29) is 11.5 Å². The van der Waals surface area contributed by atoms with Crippen LogP contribution in [0.2, 0.25) is 0 Å². The third-order valence-electron chi connectivity index (χ3n) is 2.80. The van der Waals surface area contributed by atoms with Crippen LogP contribution in [0.5, 0.6) is 0 Å². The van der Waals surface area contributed by atoms with Crippen molar-refractivity contribution in [3.8, 4) is 11.4 Å². The highest BCUT2D eigenvalue weighted by Gasteiger charge is 2.11. The van der Waals surface area contributed by atoms with E-state index in [9.17, 15) is 4.39 Å². The fraction of sp³-hybridized carbons (Fsp3) is 0.231. The number of nitrogen functional groups attached to an aromatic ring is 1. The number of rotatable bonds is 3. The Morgan fingerprint density at radius 3 is 2.32 bits per heavy atom. The van der Waals surface area contributed by atoms with Gasteiger partial charge in [0, 0.05) is 25.3 Å². The van der Waals surface area contributed by atoms with E-state index in [1.165, 1.54) is 0 Å². The van der Waals surface area contributed by atoms with Crippen LogP contribution in [0.1, 0.15) is 5.69 Å². The summed E-state index contributed by atoms with van der Waals surface area (Å²) in [5, 5.41) is 0. The van der Waals surface area contributed by atoms with Crippen LogP contribution < -0.4 is 16.2 Å². The average molecular weight is 261 g/mol. The quantitative estimate of drug-likeness (QED) is 0.653. The van der Waals surface area contributed by atoms with Gasteiger partial charge in [0.25, 0.3) is 0 Å². The van der Waals surface area contributed by atoms with Crippen LogP contribution in [0.15, 0.2) is 24.3 Å². The number of hydrogen-bond donors (Lipinski definition) is 2. The van der Waals surface area contributed by atoms with E-state index in [0.29, 0.717) is 5.82 Å². The Labute approximate surface area is 111 Å². The van der Waals surface area contributed by atoms with Gasteiger partial charge in [0.15, 0.2) is 17.5 Å². The monoisotopic (exact) mass is 261 g/mol. The average Bonchev–Trinajstić information content (AvgIpc) is 2.41. The number of hydrazine groups is 1. The van der Waals surface area contributed by atoms with Gasteiger partial charge in [-0.15, -0.1) is 0 Å². The van der Waals surface area contributed by atoms with Crippen LogP contribution in [0.3, 0.4) is 0 Å². The lowest BCUT2D eigenvalue weighted by Crippen LogP contribution is -2.13. The number of nitrogens with two attached hydrogens (primary N) is 1. The molecule has 19 heavy (non-hydrogen) atoms. The molecule has 0 bridgehead atoms. The van der Waals surface area contributed by atoms with E-state index in [0.717, 1.165) is 11.3 Å². The fourth-order valence-corrected chi connectivity index (χ4v) is 1.69. The molecule has 100 valence electrons. The van der Waals surface area contributed by atoms with E-state index < -0.39 is 5.82 Å². The van der Waals surface area contributed by atoms with E-state index >= 15 is 0 Å². The largest absolute Gasteiger partial charge is 0.378 e. The minimum Gasteiger partial charge on any atom is -0.378 e. The second kappa shape index (κ2) is 5.19. The molecular formula is C13H16FN5. The first kappa shape index (κ1) is 13.2. The zero-order valence-corrected chi connectivity index (χ0v) is 11.1. The number of nitrogens with one attached hydrogen (secondary N) is 1. The summed E-state index contributed by atoms with van der Waals surface area (Å²) in [4.78, 5) is 10.2. The van der Waals surface area contributed by atoms with Gasteiger partial charge in [0.1, 0.15) is 0 Å². The summed E-state index contributed by atoms with van der Waals surface area (Å²) in [5.41, 5.74) is 4.38. The summed E-state index contributed by atoms with van der Waals surface area (Å²) in [6.07, 6.45) is 0. The smallest absolute Gasteiger partial charge is 0.187 e. The molecule has 0 spiro atoms. The molecule has 0 aliphatic carbocycles. The predicted molar refractivity (Wildman–Crippen MR) is 74.3 cm³/mol. The maximum absolute atomic E-state index is 13.6. The standard InChI is InChI=1S/C13H16FN5/c1-8-11(14)13(18-15)17-12(16-8)9-4-6-10(7-5-9)19(2)3/h4-7H,15H2,1-3H3,(H,16,17,18). The second-order valence-electron chi connectivity index (χ2n) is 4.38. The molecule has 5 nitrogen and oxygen atoms in total. The molecule has 3 N–H and O–H groups in total. The highest BCUT2D eigenvalue weighted by Crippen LogP contribution is 2.22. The summed E-state index contributed by atoms with van der Waals surface area (Å²) < 4.78 is 13.6. The first-order valence-electron chi connectivity index (χ1n) is 5.81. The molecule has 0 unspecified atom stereocenters. The van der Waals surface area contributed by atoms with Gasteiger partial charge < -0.3 is 10.3 Å². The van der Waals surface area contributed by atoms with Crippen molar-refractivity contribution in [2.24, 2.45) is 5.84 Å². The highest BCUT2D eigenvalue weighted by molar-refractivity contribution is 5.61. The van der Waals surface area contributed by atoms with Crippen LogP contribution in [0.25, 0.3) is 11.4 Å². The van der Waals surface area contributed by atoms with Crippen LogP contribution >= 0.6 is 0 Å². The molecule has 0 amide bonds. The Balaban J connectivity index is 2.44. The van der Waals surface area contributed by atoms with Crippen LogP contribution in [-0.2, 0) is 0 Å². The molecule has 0 saturated carbocycles. The molecule has 1 heterocycles. The van der Waals surface area contributed by atoms with Gasteiger partial charge in [-0.05, 0) is 31.2 Å². The summed E-state index contributed by atoms with van der Waals surface area (Å²) in [6.45, 7) is 1.58. The van der Waals surface area contributed by atoms with Crippen LogP contribution in [-0.4, -0.2) is 24.1 Å². The normalized spacial score (nSPS) is 10.4. The Hall–Kier alpha value is -2.21. The van der Waals surface area contributed by atoms with E-state index in [1.807, 2.05) is 43.3 Å². The Kier molecular flexibility index (Phi) is 3.62. The fourth-order valence-electron chi connectivity index (χ4n) is 1.69. The lowest BCUT2D eigenvalue weighted by atomic mass is 10.2. The number of aryl methyl sites for hydroxylation is 1. The van der Waals surface area contributed by atoms with E-state index in [2.05, 4.69) is 15.4 Å². The van der Waals surface area contributed by atoms with Crippen molar-refractivity contribution < 1.29 is 4.39 Å². The molecule has 0 saturated heterocycles. The molecule has 0 radical (unpaired) electrons. The van der Waals surface area contributed by atoms with Crippen molar-refractivity contribution in [3.05, 3.63) is 35.8 Å². The number of benzene rings is 1. The minimum absolute atomic E-state index is 0.000754. The van der Waals surface area contributed by atoms with Gasteiger partial charge in [-0.3, -0.25) is 0 Å². The lowest BCUT2D eigenvalue weighted by Gasteiger charge is -2.13. The van der Waals surface area contributed by atoms with Crippen molar-refractivity contribution in [2.75, 3.05) is 24.4 Å². The van der Waals surface area contributed by atoms with Crippen molar-refractivity contribution in [2.45, 2.75) is 6.92 Å². The number of aromatic nitrogens is 2. The van der Waals surface area contributed by atoms with Gasteiger partial charge in [-0.1, -0.05) is 0 Å². The third kappa shape index (κ3) is 2.63. The molecule has 6 heteroatoms. The molecule has 1 aromatic carbocycles. The Bertz CT molecular complexity index is 580. The maximum atomic E-state index is 13.6. The van der Waals surface area contributed by atoms with Gasteiger partial charge in [0.2, 0.25) is 0 Å². The number of halogens is 1. The van der Waals surface area contributed by atoms with Gasteiger partial charge >= 0.3 is 0 Å². The zero-order valence-electron chi connectivity index (χ0n) is 11.1. The van der Waals surface area contributed by atoms with Crippen molar-refractivity contribution in [1.29, 1.82) is 0 Å². The first-order chi connectivity index (χ1) is 9.02. The molecule has 0 aliphatic rings. The third-order valence-corrected chi connectivity index (χ3v) is 2.80. The summed E-state index contributed by atoms with van der Waals surface area (Å²) in [7, 11) is 3.92. The van der Waals surface area contributed by atoms with Gasteiger partial charge in [-0.25, -0.2) is 20.2 Å². The molecule has 1 aromatic heterocycles. The Morgan fingerprint density at radius 1 is 1.16 bits per heavy atom. The molecule has 0 fully saturated rings. The zero-order chi connectivity index (χ0) is 14.0. The van der Waals surface area contributed by atoms with Crippen molar-refractivity contribution in [1.82, 2.24) is 9.97 Å². The Morgan fingerprint density at radius 2 is 1.79 bits per heavy atom. The SMILES string of the molecule is Cc1nc(-c2ccc(N(C)C)cc2)nc(NN)c1F.